The van der Waals surface area contributed by atoms with Crippen molar-refractivity contribution in [3.8, 4) is 11.4 Å². The van der Waals surface area contributed by atoms with Gasteiger partial charge < -0.3 is 14.8 Å². The van der Waals surface area contributed by atoms with E-state index in [0.29, 0.717) is 19.6 Å². The van der Waals surface area contributed by atoms with Crippen LogP contribution in [0.1, 0.15) is 54.3 Å². The third-order valence-corrected chi connectivity index (χ3v) is 6.83. The highest BCUT2D eigenvalue weighted by molar-refractivity contribution is 5.82. The highest BCUT2D eigenvalue weighted by Gasteiger charge is 2.25. The third-order valence-electron chi connectivity index (χ3n) is 6.83. The van der Waals surface area contributed by atoms with Crippen LogP contribution in [0.4, 0.5) is 5.69 Å². The number of fused-ring (bicyclic) bond motifs is 2. The lowest BCUT2D eigenvalue weighted by Crippen LogP contribution is -2.07. The molecule has 0 amide bonds. The Labute approximate surface area is 200 Å². The Morgan fingerprint density at radius 2 is 1.97 bits per heavy atom. The number of ether oxygens (including phenoxy) is 1. The maximum absolute atomic E-state index is 11.5. The number of nitrogens with one attached hydrogen (secondary N) is 1. The maximum Gasteiger partial charge on any atom is 0.130 e. The Morgan fingerprint density at radius 1 is 1.15 bits per heavy atom. The van der Waals surface area contributed by atoms with Gasteiger partial charge in [0.25, 0.3) is 0 Å². The molecule has 2 heterocycles. The van der Waals surface area contributed by atoms with Crippen molar-refractivity contribution in [1.82, 2.24) is 9.55 Å². The molecule has 0 bridgehead atoms. The van der Waals surface area contributed by atoms with Crippen LogP contribution in [-0.4, -0.2) is 21.9 Å². The van der Waals surface area contributed by atoms with Crippen molar-refractivity contribution in [3.05, 3.63) is 82.7 Å². The molecular weight excluding hydrogens is 422 g/mol. The minimum Gasteiger partial charge on any atom is -0.493 e. The van der Waals surface area contributed by atoms with Crippen LogP contribution >= 0.6 is 0 Å². The first-order valence-electron chi connectivity index (χ1n) is 12.0. The van der Waals surface area contributed by atoms with Crippen molar-refractivity contribution in [3.63, 3.8) is 0 Å². The van der Waals surface area contributed by atoms with Gasteiger partial charge in [-0.3, -0.25) is 4.57 Å². The summed E-state index contributed by atoms with van der Waals surface area (Å²) in [5, 5.41) is 3.56. The highest BCUT2D eigenvalue weighted by atomic mass is 16.5. The number of anilines is 1. The Kier molecular flexibility index (Phi) is 5.86. The molecule has 0 spiro atoms. The van der Waals surface area contributed by atoms with Crippen LogP contribution in [0.15, 0.2) is 54.6 Å². The van der Waals surface area contributed by atoms with Crippen LogP contribution < -0.4 is 10.1 Å². The first kappa shape index (κ1) is 22.2. The second kappa shape index (κ2) is 8.98. The minimum atomic E-state index is 0.168. The van der Waals surface area contributed by atoms with E-state index in [1.165, 1.54) is 27.9 Å². The third kappa shape index (κ3) is 3.96. The van der Waals surface area contributed by atoms with Crippen LogP contribution in [0.2, 0.25) is 0 Å². The number of Topliss-reactive ketones (excluding diaryl/α,β-unsaturated/α-hetero) is 1. The number of hydrogen-bond donors (Lipinski definition) is 1. The van der Waals surface area contributed by atoms with E-state index in [4.69, 9.17) is 9.72 Å². The fraction of sp³-hybridized carbons (Fsp3) is 0.310. The standard InChI is InChI=1S/C29H31N3O2/c1-5-28-31-25-10-6-8-18(2)29(25)32(28)26-11-7-9-21(20(26)4)16-30-23-12-13-24-22(14-19(3)33)17-34-27(24)15-23/h6-13,15,22,30H,5,14,16-17H2,1-4H3. The summed E-state index contributed by atoms with van der Waals surface area (Å²) < 4.78 is 8.19. The number of imidazole rings is 1. The van der Waals surface area contributed by atoms with Crippen LogP contribution in [0.25, 0.3) is 16.7 Å². The predicted octanol–water partition coefficient (Wildman–Crippen LogP) is 6.27. The number of aryl methyl sites for hydroxylation is 2. The van der Waals surface area contributed by atoms with Crippen molar-refractivity contribution < 1.29 is 9.53 Å². The van der Waals surface area contributed by atoms with E-state index in [0.717, 1.165) is 34.8 Å². The van der Waals surface area contributed by atoms with Gasteiger partial charge in [-0.1, -0.05) is 37.3 Å². The van der Waals surface area contributed by atoms with Crippen LogP contribution in [0, 0.1) is 13.8 Å². The number of carbonyl (C=O) groups excluding carboxylic acids is 1. The zero-order chi connectivity index (χ0) is 23.8. The van der Waals surface area contributed by atoms with Gasteiger partial charge in [0.05, 0.1) is 23.3 Å². The van der Waals surface area contributed by atoms with E-state index in [1.54, 1.807) is 6.92 Å². The number of rotatable bonds is 7. The Bertz CT molecular complexity index is 1390. The summed E-state index contributed by atoms with van der Waals surface area (Å²) in [6.07, 6.45) is 1.41. The molecule has 0 fully saturated rings. The average molecular weight is 454 g/mol. The van der Waals surface area contributed by atoms with Gasteiger partial charge >= 0.3 is 0 Å². The lowest BCUT2D eigenvalue weighted by Gasteiger charge is -2.17. The number of carbonyl (C=O) groups is 1. The molecule has 1 unspecified atom stereocenters. The SMILES string of the molecule is CCc1nc2cccc(C)c2n1-c1cccc(CNc2ccc3c(c2)OCC3CC(C)=O)c1C. The number of ketones is 1. The number of para-hydroxylation sites is 1. The van der Waals surface area contributed by atoms with Gasteiger partial charge in [-0.05, 0) is 55.7 Å². The fourth-order valence-corrected chi connectivity index (χ4v) is 5.04. The van der Waals surface area contributed by atoms with E-state index in [9.17, 15) is 4.79 Å². The molecule has 3 aromatic carbocycles. The average Bonchev–Trinajstić information content (AvgIpc) is 3.39. The molecule has 0 saturated carbocycles. The number of nitrogens with zero attached hydrogens (tertiary/aromatic N) is 2. The van der Waals surface area contributed by atoms with Crippen LogP contribution in [0.3, 0.4) is 0 Å². The van der Waals surface area contributed by atoms with Gasteiger partial charge in [0, 0.05) is 42.6 Å². The smallest absolute Gasteiger partial charge is 0.130 e. The lowest BCUT2D eigenvalue weighted by molar-refractivity contribution is -0.117. The molecule has 1 aromatic heterocycles. The van der Waals surface area contributed by atoms with Crippen molar-refractivity contribution in [1.29, 1.82) is 0 Å². The number of aromatic nitrogens is 2. The van der Waals surface area contributed by atoms with Gasteiger partial charge in [-0.15, -0.1) is 0 Å². The summed E-state index contributed by atoms with van der Waals surface area (Å²) in [7, 11) is 0. The van der Waals surface area contributed by atoms with E-state index >= 15 is 0 Å². The van der Waals surface area contributed by atoms with Gasteiger partial charge in [0.2, 0.25) is 0 Å². The van der Waals surface area contributed by atoms with E-state index in [1.807, 2.05) is 0 Å². The number of hydrogen-bond acceptors (Lipinski definition) is 4. The van der Waals surface area contributed by atoms with Gasteiger partial charge in [-0.2, -0.15) is 0 Å². The topological polar surface area (TPSA) is 56.1 Å². The molecule has 4 aromatic rings. The largest absolute Gasteiger partial charge is 0.493 e. The minimum absolute atomic E-state index is 0.168. The molecular formula is C29H31N3O2. The van der Waals surface area contributed by atoms with Crippen molar-refractivity contribution in [2.45, 2.75) is 53.0 Å². The second-order valence-corrected chi connectivity index (χ2v) is 9.24. The Hall–Kier alpha value is -3.60. The fourth-order valence-electron chi connectivity index (χ4n) is 5.04. The van der Waals surface area contributed by atoms with Crippen LogP contribution in [0.5, 0.6) is 5.75 Å². The molecule has 174 valence electrons. The quantitative estimate of drug-likeness (QED) is 0.358. The molecule has 0 aliphatic carbocycles. The summed E-state index contributed by atoms with van der Waals surface area (Å²) in [4.78, 5) is 16.4. The number of benzene rings is 3. The van der Waals surface area contributed by atoms with Crippen molar-refractivity contribution in [2.24, 2.45) is 0 Å². The van der Waals surface area contributed by atoms with Crippen LogP contribution in [-0.2, 0) is 17.8 Å². The Morgan fingerprint density at radius 3 is 2.76 bits per heavy atom. The van der Waals surface area contributed by atoms with Crippen molar-refractivity contribution >= 4 is 22.5 Å². The molecule has 1 aliphatic rings. The van der Waals surface area contributed by atoms with E-state index in [2.05, 4.69) is 85.3 Å². The zero-order valence-electron chi connectivity index (χ0n) is 20.3. The molecule has 0 radical (unpaired) electrons. The second-order valence-electron chi connectivity index (χ2n) is 9.24. The summed E-state index contributed by atoms with van der Waals surface area (Å²) in [6, 6.07) is 19.0. The maximum atomic E-state index is 11.5. The molecule has 1 N–H and O–H groups in total. The molecule has 34 heavy (non-hydrogen) atoms. The molecule has 1 aliphatic heterocycles. The van der Waals surface area contributed by atoms with E-state index in [-0.39, 0.29) is 11.7 Å². The highest BCUT2D eigenvalue weighted by Crippen LogP contribution is 2.38. The zero-order valence-corrected chi connectivity index (χ0v) is 20.3. The van der Waals surface area contributed by atoms with Gasteiger partial charge in [0.15, 0.2) is 0 Å². The molecule has 5 heteroatoms. The van der Waals surface area contributed by atoms with Gasteiger partial charge in [0.1, 0.15) is 17.4 Å². The molecule has 5 nitrogen and oxygen atoms in total. The summed E-state index contributed by atoms with van der Waals surface area (Å²) in [6.45, 7) is 9.43. The Balaban J connectivity index is 1.42. The predicted molar refractivity (Wildman–Crippen MR) is 137 cm³/mol. The summed E-state index contributed by atoms with van der Waals surface area (Å²) >= 11 is 0. The van der Waals surface area contributed by atoms with Crippen molar-refractivity contribution in [2.75, 3.05) is 11.9 Å². The molecule has 1 atom stereocenters. The molecule has 0 saturated heterocycles. The normalized spacial score (nSPS) is 14.8. The first-order chi connectivity index (χ1) is 16.5. The first-order valence-corrected chi connectivity index (χ1v) is 12.0. The van der Waals surface area contributed by atoms with E-state index < -0.39 is 0 Å². The lowest BCUT2D eigenvalue weighted by atomic mass is 9.96. The summed E-state index contributed by atoms with van der Waals surface area (Å²) in [5.74, 6) is 2.33. The molecule has 5 rings (SSSR count). The summed E-state index contributed by atoms with van der Waals surface area (Å²) in [5.41, 5.74) is 9.27. The van der Waals surface area contributed by atoms with Gasteiger partial charge in [-0.25, -0.2) is 4.98 Å². The monoisotopic (exact) mass is 453 g/mol.